The van der Waals surface area contributed by atoms with Crippen molar-refractivity contribution in [3.05, 3.63) is 23.4 Å². The van der Waals surface area contributed by atoms with Gasteiger partial charge in [0.05, 0.1) is 0 Å². The van der Waals surface area contributed by atoms with E-state index in [1.807, 2.05) is 13.8 Å². The molecule has 2 heterocycles. The Bertz CT molecular complexity index is 779. The van der Waals surface area contributed by atoms with E-state index in [2.05, 4.69) is 33.0 Å². The minimum absolute atomic E-state index is 0.0720. The molecule has 2 amide bonds. The zero-order chi connectivity index (χ0) is 23.6. The van der Waals surface area contributed by atoms with Crippen molar-refractivity contribution in [2.45, 2.75) is 96.2 Å². The standard InChI is InChI=1S/C25H41N5O3/c1-3-19(4-2)28-25(33)29-22(24(31)32)14-17-30(21-12-13-21)16-6-5-9-20-11-10-18-8-7-15-26-23(18)27-20/h10-11,19,21-22H,3-9,12-17H2,1-2H3,(H,26,27)(H,31,32)(H2,28,29,33). The number of aromatic nitrogens is 1. The Morgan fingerprint density at radius 1 is 1.18 bits per heavy atom. The summed E-state index contributed by atoms with van der Waals surface area (Å²) in [4.78, 5) is 31.1. The number of amides is 2. The lowest BCUT2D eigenvalue weighted by molar-refractivity contribution is -0.139. The monoisotopic (exact) mass is 459 g/mol. The Morgan fingerprint density at radius 2 is 1.97 bits per heavy atom. The summed E-state index contributed by atoms with van der Waals surface area (Å²) in [5, 5.41) is 18.5. The fraction of sp³-hybridized carbons (Fsp3) is 0.720. The Kier molecular flexibility index (Phi) is 9.78. The molecule has 0 saturated heterocycles. The van der Waals surface area contributed by atoms with E-state index in [1.165, 1.54) is 24.8 Å². The quantitative estimate of drug-likeness (QED) is 0.317. The number of urea groups is 1. The molecule has 2 aliphatic rings. The normalized spacial score (nSPS) is 16.2. The molecular formula is C25H41N5O3. The van der Waals surface area contributed by atoms with Crippen LogP contribution in [0.4, 0.5) is 10.6 Å². The van der Waals surface area contributed by atoms with Crippen LogP contribution in [0.5, 0.6) is 0 Å². The number of carbonyl (C=O) groups excluding carboxylic acids is 1. The van der Waals surface area contributed by atoms with Crippen LogP contribution >= 0.6 is 0 Å². The van der Waals surface area contributed by atoms with Crippen LogP contribution in [0.2, 0.25) is 0 Å². The summed E-state index contributed by atoms with van der Waals surface area (Å²) in [6.07, 6.45) is 9.79. The molecule has 4 N–H and O–H groups in total. The fourth-order valence-electron chi connectivity index (χ4n) is 4.48. The lowest BCUT2D eigenvalue weighted by Gasteiger charge is -2.25. The van der Waals surface area contributed by atoms with Gasteiger partial charge in [0, 0.05) is 30.9 Å². The van der Waals surface area contributed by atoms with Crippen LogP contribution in [-0.4, -0.2) is 64.8 Å². The molecule has 33 heavy (non-hydrogen) atoms. The van der Waals surface area contributed by atoms with E-state index in [0.29, 0.717) is 19.0 Å². The fourth-order valence-corrected chi connectivity index (χ4v) is 4.48. The molecule has 1 unspecified atom stereocenters. The maximum absolute atomic E-state index is 12.2. The number of hydrogen-bond acceptors (Lipinski definition) is 5. The van der Waals surface area contributed by atoms with Crippen LogP contribution in [0.15, 0.2) is 12.1 Å². The highest BCUT2D eigenvalue weighted by molar-refractivity contribution is 5.82. The average Bonchev–Trinajstić information content (AvgIpc) is 3.66. The minimum atomic E-state index is -0.975. The molecule has 8 heteroatoms. The van der Waals surface area contributed by atoms with E-state index in [0.717, 1.165) is 63.1 Å². The molecule has 1 aromatic rings. The summed E-state index contributed by atoms with van der Waals surface area (Å²) in [6, 6.07) is 3.74. The van der Waals surface area contributed by atoms with Crippen molar-refractivity contribution in [1.82, 2.24) is 20.5 Å². The summed E-state index contributed by atoms with van der Waals surface area (Å²) in [7, 11) is 0. The van der Waals surface area contributed by atoms with Crippen molar-refractivity contribution in [2.24, 2.45) is 0 Å². The average molecular weight is 460 g/mol. The first kappa shape index (κ1) is 25.3. The third-order valence-electron chi connectivity index (χ3n) is 6.77. The van der Waals surface area contributed by atoms with Gasteiger partial charge in [-0.1, -0.05) is 19.9 Å². The van der Waals surface area contributed by atoms with Crippen LogP contribution in [0.1, 0.15) is 76.5 Å². The highest BCUT2D eigenvalue weighted by Gasteiger charge is 2.30. The number of aliphatic carboxylic acids is 1. The first-order chi connectivity index (χ1) is 16.0. The Hall–Kier alpha value is -2.35. The summed E-state index contributed by atoms with van der Waals surface area (Å²) in [6.45, 7) is 6.67. The maximum Gasteiger partial charge on any atom is 0.326 e. The first-order valence-corrected chi connectivity index (χ1v) is 12.8. The summed E-state index contributed by atoms with van der Waals surface area (Å²) in [5.41, 5.74) is 2.46. The van der Waals surface area contributed by atoms with E-state index >= 15 is 0 Å². The van der Waals surface area contributed by atoms with Crippen LogP contribution in [0, 0.1) is 0 Å². The van der Waals surface area contributed by atoms with Crippen molar-refractivity contribution in [2.75, 3.05) is 25.0 Å². The van der Waals surface area contributed by atoms with E-state index in [9.17, 15) is 14.7 Å². The smallest absolute Gasteiger partial charge is 0.326 e. The van der Waals surface area contributed by atoms with E-state index in [1.54, 1.807) is 0 Å². The number of nitrogens with one attached hydrogen (secondary N) is 3. The summed E-state index contributed by atoms with van der Waals surface area (Å²) < 4.78 is 0. The number of carboxylic acid groups (broad SMARTS) is 1. The molecule has 3 rings (SSSR count). The number of rotatable bonds is 14. The van der Waals surface area contributed by atoms with Gasteiger partial charge in [0.2, 0.25) is 0 Å². The van der Waals surface area contributed by atoms with Gasteiger partial charge in [0.1, 0.15) is 11.9 Å². The highest BCUT2D eigenvalue weighted by Crippen LogP contribution is 2.27. The number of nitrogens with zero attached hydrogens (tertiary/aromatic N) is 2. The van der Waals surface area contributed by atoms with E-state index < -0.39 is 12.0 Å². The molecule has 0 spiro atoms. The second-order valence-corrected chi connectivity index (χ2v) is 9.38. The van der Waals surface area contributed by atoms with Gasteiger partial charge in [-0.2, -0.15) is 0 Å². The minimum Gasteiger partial charge on any atom is -0.480 e. The SMILES string of the molecule is CCC(CC)NC(=O)NC(CCN(CCCCc1ccc2c(n1)NCCC2)C1CC1)C(=O)O. The Balaban J connectivity index is 1.41. The van der Waals surface area contributed by atoms with Crippen LogP contribution in [0.3, 0.4) is 0 Å². The second kappa shape index (κ2) is 12.8. The van der Waals surface area contributed by atoms with Crippen LogP contribution < -0.4 is 16.0 Å². The second-order valence-electron chi connectivity index (χ2n) is 9.38. The lowest BCUT2D eigenvalue weighted by atomic mass is 10.1. The van der Waals surface area contributed by atoms with Gasteiger partial charge in [0.15, 0.2) is 0 Å². The van der Waals surface area contributed by atoms with E-state index in [4.69, 9.17) is 4.98 Å². The van der Waals surface area contributed by atoms with Gasteiger partial charge in [0.25, 0.3) is 0 Å². The number of pyridine rings is 1. The van der Waals surface area contributed by atoms with Gasteiger partial charge in [-0.05, 0) is 82.4 Å². The number of hydrogen-bond donors (Lipinski definition) is 4. The molecule has 0 bridgehead atoms. The molecule has 1 aromatic heterocycles. The summed E-state index contributed by atoms with van der Waals surface area (Å²) in [5.74, 6) is 0.0799. The molecule has 1 atom stereocenters. The van der Waals surface area contributed by atoms with Crippen molar-refractivity contribution in [3.8, 4) is 0 Å². The van der Waals surface area contributed by atoms with Crippen molar-refractivity contribution in [1.29, 1.82) is 0 Å². The van der Waals surface area contributed by atoms with Crippen molar-refractivity contribution >= 4 is 17.8 Å². The molecule has 0 aromatic carbocycles. The van der Waals surface area contributed by atoms with Gasteiger partial charge in [-0.3, -0.25) is 0 Å². The van der Waals surface area contributed by atoms with Crippen LogP contribution in [-0.2, 0) is 17.6 Å². The number of unbranched alkanes of at least 4 members (excludes halogenated alkanes) is 1. The third kappa shape index (κ3) is 8.18. The molecule has 1 fully saturated rings. The molecule has 1 aliphatic heterocycles. The molecule has 184 valence electrons. The highest BCUT2D eigenvalue weighted by atomic mass is 16.4. The number of aryl methyl sites for hydroxylation is 2. The topological polar surface area (TPSA) is 107 Å². The maximum atomic E-state index is 12.2. The zero-order valence-electron chi connectivity index (χ0n) is 20.2. The van der Waals surface area contributed by atoms with Crippen molar-refractivity contribution < 1.29 is 14.7 Å². The number of carbonyl (C=O) groups is 2. The van der Waals surface area contributed by atoms with Crippen molar-refractivity contribution in [3.63, 3.8) is 0 Å². The molecule has 8 nitrogen and oxygen atoms in total. The largest absolute Gasteiger partial charge is 0.480 e. The third-order valence-corrected chi connectivity index (χ3v) is 6.77. The zero-order valence-corrected chi connectivity index (χ0v) is 20.2. The predicted molar refractivity (Wildman–Crippen MR) is 131 cm³/mol. The van der Waals surface area contributed by atoms with Gasteiger partial charge < -0.3 is 26.0 Å². The van der Waals surface area contributed by atoms with Crippen LogP contribution in [0.25, 0.3) is 0 Å². The predicted octanol–water partition coefficient (Wildman–Crippen LogP) is 3.56. The van der Waals surface area contributed by atoms with Gasteiger partial charge >= 0.3 is 12.0 Å². The molecule has 1 aliphatic carbocycles. The van der Waals surface area contributed by atoms with E-state index in [-0.39, 0.29) is 12.1 Å². The molecule has 0 radical (unpaired) electrons. The summed E-state index contributed by atoms with van der Waals surface area (Å²) >= 11 is 0. The molecular weight excluding hydrogens is 418 g/mol. The number of carboxylic acids is 1. The Labute approximate surface area is 197 Å². The van der Waals surface area contributed by atoms with Gasteiger partial charge in [-0.15, -0.1) is 0 Å². The van der Waals surface area contributed by atoms with Gasteiger partial charge in [-0.25, -0.2) is 14.6 Å². The number of anilines is 1. The Morgan fingerprint density at radius 3 is 2.67 bits per heavy atom. The lowest BCUT2D eigenvalue weighted by Crippen LogP contribution is -2.49. The number of fused-ring (bicyclic) bond motifs is 1. The molecule has 1 saturated carbocycles. The first-order valence-electron chi connectivity index (χ1n) is 12.8.